The first-order valence-electron chi connectivity index (χ1n) is 5.99. The zero-order valence-electron chi connectivity index (χ0n) is 10.7. The van der Waals surface area contributed by atoms with Crippen molar-refractivity contribution in [3.05, 3.63) is 52.7 Å². The van der Waals surface area contributed by atoms with E-state index >= 15 is 0 Å². The number of pyridine rings is 1. The van der Waals surface area contributed by atoms with Gasteiger partial charge in [0.2, 0.25) is 0 Å². The van der Waals surface area contributed by atoms with Crippen LogP contribution in [-0.2, 0) is 0 Å². The van der Waals surface area contributed by atoms with Crippen LogP contribution in [0.15, 0.2) is 42.6 Å². The molecule has 7 nitrogen and oxygen atoms in total. The Morgan fingerprint density at radius 3 is 2.70 bits per heavy atom. The lowest BCUT2D eigenvalue weighted by molar-refractivity contribution is -0.384. The molecule has 2 aromatic rings. The second-order valence-corrected chi connectivity index (χ2v) is 3.94. The molecule has 20 heavy (non-hydrogen) atoms. The van der Waals surface area contributed by atoms with Crippen LogP contribution in [0.25, 0.3) is 0 Å². The van der Waals surface area contributed by atoms with Gasteiger partial charge in [0.15, 0.2) is 0 Å². The molecular weight excluding hydrogens is 260 g/mol. The molecule has 0 radical (unpaired) electrons. The van der Waals surface area contributed by atoms with Gasteiger partial charge in [-0.25, -0.2) is 4.98 Å². The number of rotatable bonds is 6. The number of benzene rings is 1. The number of hydrogen-bond acceptors (Lipinski definition) is 6. The molecule has 1 aromatic carbocycles. The molecule has 0 aliphatic heterocycles. The van der Waals surface area contributed by atoms with Crippen molar-refractivity contribution in [2.75, 3.05) is 18.5 Å². The molecule has 0 bridgehead atoms. The zero-order valence-corrected chi connectivity index (χ0v) is 10.7. The fourth-order valence-electron chi connectivity index (χ4n) is 1.56. The van der Waals surface area contributed by atoms with Crippen molar-refractivity contribution in [3.63, 3.8) is 0 Å². The summed E-state index contributed by atoms with van der Waals surface area (Å²) >= 11 is 0. The van der Waals surface area contributed by atoms with E-state index in [0.717, 1.165) is 5.69 Å². The fourth-order valence-corrected chi connectivity index (χ4v) is 1.56. The average molecular weight is 274 g/mol. The summed E-state index contributed by atoms with van der Waals surface area (Å²) in [4.78, 5) is 14.2. The highest BCUT2D eigenvalue weighted by molar-refractivity contribution is 5.59. The lowest BCUT2D eigenvalue weighted by Gasteiger charge is -2.07. The summed E-state index contributed by atoms with van der Waals surface area (Å²) in [6.45, 7) is 0.914. The maximum atomic E-state index is 10.7. The topological polar surface area (TPSA) is 103 Å². The van der Waals surface area contributed by atoms with Crippen LogP contribution < -0.4 is 15.8 Å². The number of aromatic nitrogens is 1. The normalized spacial score (nSPS) is 10.1. The van der Waals surface area contributed by atoms with E-state index in [1.54, 1.807) is 24.3 Å². The van der Waals surface area contributed by atoms with Crippen molar-refractivity contribution in [1.29, 1.82) is 0 Å². The molecule has 1 aromatic heterocycles. The van der Waals surface area contributed by atoms with E-state index in [1.165, 1.54) is 18.3 Å². The van der Waals surface area contributed by atoms with Gasteiger partial charge in [-0.05, 0) is 24.3 Å². The SMILES string of the molecule is NCCOc1ccc(Nc2cc([N+](=O)[O-])ccn2)cc1. The maximum Gasteiger partial charge on any atom is 0.274 e. The molecular formula is C13H14N4O3. The quantitative estimate of drug-likeness (QED) is 0.617. The Kier molecular flexibility index (Phi) is 4.46. The van der Waals surface area contributed by atoms with E-state index in [9.17, 15) is 10.1 Å². The van der Waals surface area contributed by atoms with Gasteiger partial charge < -0.3 is 15.8 Å². The van der Waals surface area contributed by atoms with Gasteiger partial charge in [-0.15, -0.1) is 0 Å². The van der Waals surface area contributed by atoms with Gasteiger partial charge in [0.1, 0.15) is 18.2 Å². The van der Waals surface area contributed by atoms with Gasteiger partial charge >= 0.3 is 0 Å². The Balaban J connectivity index is 2.06. The molecule has 0 amide bonds. The van der Waals surface area contributed by atoms with Crippen molar-refractivity contribution in [2.45, 2.75) is 0 Å². The first-order valence-corrected chi connectivity index (χ1v) is 5.99. The number of ether oxygens (including phenoxy) is 1. The first kappa shape index (κ1) is 13.8. The summed E-state index contributed by atoms with van der Waals surface area (Å²) < 4.78 is 5.35. The van der Waals surface area contributed by atoms with Gasteiger partial charge in [-0.3, -0.25) is 10.1 Å². The lowest BCUT2D eigenvalue weighted by atomic mass is 10.3. The Bertz CT molecular complexity index is 586. The van der Waals surface area contributed by atoms with Crippen LogP contribution in [0.4, 0.5) is 17.2 Å². The van der Waals surface area contributed by atoms with Crippen LogP contribution in [0.3, 0.4) is 0 Å². The molecule has 0 fully saturated rings. The van der Waals surface area contributed by atoms with E-state index in [-0.39, 0.29) is 5.69 Å². The van der Waals surface area contributed by atoms with E-state index in [1.807, 2.05) is 0 Å². The minimum atomic E-state index is -0.462. The summed E-state index contributed by atoms with van der Waals surface area (Å²) in [6.07, 6.45) is 1.39. The van der Waals surface area contributed by atoms with Crippen LogP contribution in [-0.4, -0.2) is 23.1 Å². The maximum absolute atomic E-state index is 10.7. The molecule has 7 heteroatoms. The average Bonchev–Trinajstić information content (AvgIpc) is 2.47. The monoisotopic (exact) mass is 274 g/mol. The van der Waals surface area contributed by atoms with Gasteiger partial charge in [0.25, 0.3) is 5.69 Å². The Labute approximate surface area is 115 Å². The highest BCUT2D eigenvalue weighted by Gasteiger charge is 2.06. The Hall–Kier alpha value is -2.67. The number of nitro groups is 1. The third-order valence-electron chi connectivity index (χ3n) is 2.47. The summed E-state index contributed by atoms with van der Waals surface area (Å²) in [6, 6.07) is 9.89. The standard InChI is InChI=1S/C13H14N4O3/c14-6-8-20-12-3-1-10(2-4-12)16-13-9-11(17(18)19)5-7-15-13/h1-5,7,9H,6,8,14H2,(H,15,16). The Morgan fingerprint density at radius 2 is 2.05 bits per heavy atom. The van der Waals surface area contributed by atoms with Crippen molar-refractivity contribution in [3.8, 4) is 5.75 Å². The van der Waals surface area contributed by atoms with Gasteiger partial charge in [-0.2, -0.15) is 0 Å². The van der Waals surface area contributed by atoms with Crippen molar-refractivity contribution >= 4 is 17.2 Å². The number of nitrogens with one attached hydrogen (secondary N) is 1. The Morgan fingerprint density at radius 1 is 1.30 bits per heavy atom. The van der Waals surface area contributed by atoms with Gasteiger partial charge in [-0.1, -0.05) is 0 Å². The molecule has 0 unspecified atom stereocenters. The molecule has 0 saturated heterocycles. The minimum Gasteiger partial charge on any atom is -0.492 e. The van der Waals surface area contributed by atoms with E-state index in [4.69, 9.17) is 10.5 Å². The number of nitrogens with zero attached hydrogens (tertiary/aromatic N) is 2. The highest BCUT2D eigenvalue weighted by Crippen LogP contribution is 2.21. The fraction of sp³-hybridized carbons (Fsp3) is 0.154. The number of nitrogens with two attached hydrogens (primary N) is 1. The second kappa shape index (κ2) is 6.48. The highest BCUT2D eigenvalue weighted by atomic mass is 16.6. The van der Waals surface area contributed by atoms with E-state index in [0.29, 0.717) is 24.7 Å². The third-order valence-corrected chi connectivity index (χ3v) is 2.47. The molecule has 0 aliphatic carbocycles. The van der Waals surface area contributed by atoms with Crippen LogP contribution in [0.5, 0.6) is 5.75 Å². The summed E-state index contributed by atoms with van der Waals surface area (Å²) in [7, 11) is 0. The zero-order chi connectivity index (χ0) is 14.4. The second-order valence-electron chi connectivity index (χ2n) is 3.94. The smallest absolute Gasteiger partial charge is 0.274 e. The van der Waals surface area contributed by atoms with Crippen LogP contribution in [0.1, 0.15) is 0 Å². The number of anilines is 2. The van der Waals surface area contributed by atoms with Crippen LogP contribution in [0.2, 0.25) is 0 Å². The van der Waals surface area contributed by atoms with Gasteiger partial charge in [0.05, 0.1) is 11.0 Å². The van der Waals surface area contributed by atoms with Crippen molar-refractivity contribution < 1.29 is 9.66 Å². The molecule has 0 saturated carbocycles. The largest absolute Gasteiger partial charge is 0.492 e. The van der Waals surface area contributed by atoms with Crippen molar-refractivity contribution in [1.82, 2.24) is 4.98 Å². The van der Waals surface area contributed by atoms with Crippen LogP contribution >= 0.6 is 0 Å². The number of hydrogen-bond donors (Lipinski definition) is 2. The minimum absolute atomic E-state index is 0.00889. The van der Waals surface area contributed by atoms with Gasteiger partial charge in [0, 0.05) is 24.5 Å². The summed E-state index contributed by atoms with van der Waals surface area (Å²) in [5.74, 6) is 1.13. The molecule has 104 valence electrons. The van der Waals surface area contributed by atoms with E-state index in [2.05, 4.69) is 10.3 Å². The summed E-state index contributed by atoms with van der Waals surface area (Å²) in [5, 5.41) is 13.7. The van der Waals surface area contributed by atoms with Crippen LogP contribution in [0, 0.1) is 10.1 Å². The summed E-state index contributed by atoms with van der Waals surface area (Å²) in [5.41, 5.74) is 6.10. The first-order chi connectivity index (χ1) is 9.69. The predicted octanol–water partition coefficient (Wildman–Crippen LogP) is 2.07. The molecule has 0 spiro atoms. The molecule has 0 aliphatic rings. The molecule has 0 atom stereocenters. The van der Waals surface area contributed by atoms with E-state index < -0.39 is 4.92 Å². The van der Waals surface area contributed by atoms with Crippen molar-refractivity contribution in [2.24, 2.45) is 5.73 Å². The molecule has 3 N–H and O–H groups in total. The third kappa shape index (κ3) is 3.66. The molecule has 2 rings (SSSR count). The lowest BCUT2D eigenvalue weighted by Crippen LogP contribution is -2.10. The molecule has 1 heterocycles. The predicted molar refractivity (Wildman–Crippen MR) is 75.2 cm³/mol.